The van der Waals surface area contributed by atoms with Gasteiger partial charge in [0, 0.05) is 5.69 Å². The highest BCUT2D eigenvalue weighted by atomic mass is 19.1. The van der Waals surface area contributed by atoms with E-state index < -0.39 is 11.7 Å². The molecule has 0 unspecified atom stereocenters. The van der Waals surface area contributed by atoms with Crippen molar-refractivity contribution in [3.63, 3.8) is 0 Å². The van der Waals surface area contributed by atoms with Crippen LogP contribution in [0, 0.1) is 5.82 Å². The molecular formula is C16H17FN2O2. The molecule has 0 aliphatic heterocycles. The number of hydrogen-bond acceptors (Lipinski definition) is 3. The molecule has 0 bridgehead atoms. The third-order valence-corrected chi connectivity index (χ3v) is 3.20. The first-order valence-electron chi connectivity index (χ1n) is 6.51. The molecule has 21 heavy (non-hydrogen) atoms. The molecule has 0 radical (unpaired) electrons. The molecule has 0 saturated carbocycles. The van der Waals surface area contributed by atoms with Gasteiger partial charge in [-0.1, -0.05) is 12.1 Å². The Hall–Kier alpha value is -2.56. The summed E-state index contributed by atoms with van der Waals surface area (Å²) in [5.74, 6) is -0.368. The molecule has 0 aliphatic rings. The lowest BCUT2D eigenvalue weighted by Crippen LogP contribution is -2.27. The number of rotatable bonds is 4. The Bertz CT molecular complexity index is 641. The second kappa shape index (κ2) is 6.26. The van der Waals surface area contributed by atoms with Crippen LogP contribution in [-0.2, 0) is 0 Å². The largest absolute Gasteiger partial charge is 0.497 e. The molecule has 2 aromatic rings. The molecule has 2 aromatic carbocycles. The van der Waals surface area contributed by atoms with Gasteiger partial charge in [-0.15, -0.1) is 0 Å². The number of carbonyl (C=O) groups excluding carboxylic acids is 1. The first kappa shape index (κ1) is 14.8. The molecule has 4 nitrogen and oxygen atoms in total. The van der Waals surface area contributed by atoms with Crippen molar-refractivity contribution < 1.29 is 13.9 Å². The number of nitrogens with two attached hydrogens (primary N) is 1. The lowest BCUT2D eigenvalue weighted by molar-refractivity contribution is 0.0936. The van der Waals surface area contributed by atoms with Crippen LogP contribution in [0.15, 0.2) is 42.5 Å². The number of benzene rings is 2. The summed E-state index contributed by atoms with van der Waals surface area (Å²) in [6.07, 6.45) is 0. The quantitative estimate of drug-likeness (QED) is 0.850. The Balaban J connectivity index is 2.10. The van der Waals surface area contributed by atoms with Crippen LogP contribution in [0.25, 0.3) is 0 Å². The van der Waals surface area contributed by atoms with Gasteiger partial charge in [-0.3, -0.25) is 4.79 Å². The average Bonchev–Trinajstić information content (AvgIpc) is 2.47. The van der Waals surface area contributed by atoms with Crippen LogP contribution < -0.4 is 15.8 Å². The number of carbonyl (C=O) groups is 1. The molecule has 0 heterocycles. The maximum Gasteiger partial charge on any atom is 0.254 e. The zero-order valence-electron chi connectivity index (χ0n) is 11.9. The fraction of sp³-hybridized carbons (Fsp3) is 0.188. The summed E-state index contributed by atoms with van der Waals surface area (Å²) >= 11 is 0. The molecule has 2 rings (SSSR count). The molecule has 3 N–H and O–H groups in total. The van der Waals surface area contributed by atoms with Gasteiger partial charge in [0.15, 0.2) is 0 Å². The van der Waals surface area contributed by atoms with Crippen molar-refractivity contribution in [2.24, 2.45) is 0 Å². The Kier molecular flexibility index (Phi) is 4.42. The van der Waals surface area contributed by atoms with Crippen LogP contribution in [-0.4, -0.2) is 13.0 Å². The van der Waals surface area contributed by atoms with Crippen molar-refractivity contribution in [1.29, 1.82) is 0 Å². The number of halogens is 1. The summed E-state index contributed by atoms with van der Waals surface area (Å²) in [6, 6.07) is 11.1. The molecule has 0 aliphatic carbocycles. The summed E-state index contributed by atoms with van der Waals surface area (Å²) in [4.78, 5) is 12.1. The molecule has 1 atom stereocenters. The van der Waals surface area contributed by atoms with E-state index in [1.807, 2.05) is 31.2 Å². The highest BCUT2D eigenvalue weighted by Gasteiger charge is 2.15. The number of methoxy groups -OCH3 is 1. The molecule has 5 heteroatoms. The lowest BCUT2D eigenvalue weighted by atomic mass is 10.1. The Morgan fingerprint density at radius 1 is 1.24 bits per heavy atom. The highest BCUT2D eigenvalue weighted by molar-refractivity contribution is 5.95. The van der Waals surface area contributed by atoms with Crippen molar-refractivity contribution in [3.8, 4) is 5.75 Å². The Labute approximate surface area is 122 Å². The van der Waals surface area contributed by atoms with Gasteiger partial charge >= 0.3 is 0 Å². The van der Waals surface area contributed by atoms with Crippen LogP contribution in [0.2, 0.25) is 0 Å². The van der Waals surface area contributed by atoms with Crippen molar-refractivity contribution in [3.05, 3.63) is 59.4 Å². The molecule has 1 amide bonds. The van der Waals surface area contributed by atoms with Gasteiger partial charge in [0.1, 0.15) is 11.6 Å². The zero-order chi connectivity index (χ0) is 15.4. The van der Waals surface area contributed by atoms with Gasteiger partial charge in [-0.05, 0) is 42.8 Å². The van der Waals surface area contributed by atoms with Crippen LogP contribution in [0.5, 0.6) is 5.75 Å². The molecule has 110 valence electrons. The Morgan fingerprint density at radius 2 is 1.90 bits per heavy atom. The molecule has 0 spiro atoms. The van der Waals surface area contributed by atoms with E-state index in [2.05, 4.69) is 5.32 Å². The van der Waals surface area contributed by atoms with Crippen LogP contribution in [0.4, 0.5) is 10.1 Å². The molecular weight excluding hydrogens is 271 g/mol. The Morgan fingerprint density at radius 3 is 2.48 bits per heavy atom. The van der Waals surface area contributed by atoms with Gasteiger partial charge in [0.2, 0.25) is 0 Å². The van der Waals surface area contributed by atoms with E-state index in [-0.39, 0.29) is 17.3 Å². The van der Waals surface area contributed by atoms with Crippen LogP contribution in [0.3, 0.4) is 0 Å². The smallest absolute Gasteiger partial charge is 0.254 e. The van der Waals surface area contributed by atoms with Crippen molar-refractivity contribution in [2.45, 2.75) is 13.0 Å². The standard InChI is InChI=1S/C16H17FN2O2/c1-10(11-3-6-13(21-2)7-4-11)19-16(20)14-8-5-12(18)9-15(14)17/h3-10H,18H2,1-2H3,(H,19,20)/t10-/m0/s1. The van der Waals surface area contributed by atoms with Gasteiger partial charge in [-0.2, -0.15) is 0 Å². The maximum atomic E-state index is 13.7. The van der Waals surface area contributed by atoms with Crippen molar-refractivity contribution >= 4 is 11.6 Å². The number of anilines is 1. The van der Waals surface area contributed by atoms with Gasteiger partial charge in [0.25, 0.3) is 5.91 Å². The van der Waals surface area contributed by atoms with Crippen molar-refractivity contribution in [1.82, 2.24) is 5.32 Å². The fourth-order valence-electron chi connectivity index (χ4n) is 1.97. The summed E-state index contributed by atoms with van der Waals surface area (Å²) in [5.41, 5.74) is 6.63. The third-order valence-electron chi connectivity index (χ3n) is 3.20. The van der Waals surface area contributed by atoms with Gasteiger partial charge in [-0.25, -0.2) is 4.39 Å². The third kappa shape index (κ3) is 3.51. The van der Waals surface area contributed by atoms with E-state index in [9.17, 15) is 9.18 Å². The molecule has 0 saturated heterocycles. The van der Waals surface area contributed by atoms with Gasteiger partial charge < -0.3 is 15.8 Å². The lowest BCUT2D eigenvalue weighted by Gasteiger charge is -2.15. The fourth-order valence-corrected chi connectivity index (χ4v) is 1.97. The number of hydrogen-bond donors (Lipinski definition) is 2. The zero-order valence-corrected chi connectivity index (χ0v) is 11.9. The SMILES string of the molecule is COc1ccc([C@H](C)NC(=O)c2ccc(N)cc2F)cc1. The van der Waals surface area contributed by atoms with Gasteiger partial charge in [0.05, 0.1) is 18.7 Å². The second-order valence-corrected chi connectivity index (χ2v) is 4.71. The first-order valence-corrected chi connectivity index (χ1v) is 6.51. The number of ether oxygens (including phenoxy) is 1. The highest BCUT2D eigenvalue weighted by Crippen LogP contribution is 2.18. The van der Waals surface area contributed by atoms with Crippen LogP contribution in [0.1, 0.15) is 28.9 Å². The predicted molar refractivity (Wildman–Crippen MR) is 79.7 cm³/mol. The molecule has 0 fully saturated rings. The van der Waals surface area contributed by atoms with Crippen molar-refractivity contribution in [2.75, 3.05) is 12.8 Å². The number of nitrogens with one attached hydrogen (secondary N) is 1. The number of amides is 1. The summed E-state index contributed by atoms with van der Waals surface area (Å²) in [5, 5.41) is 2.75. The summed E-state index contributed by atoms with van der Waals surface area (Å²) in [7, 11) is 1.59. The minimum absolute atomic E-state index is 0.0236. The minimum Gasteiger partial charge on any atom is -0.497 e. The van der Waals surface area contributed by atoms with Crippen LogP contribution >= 0.6 is 0 Å². The normalized spacial score (nSPS) is 11.8. The topological polar surface area (TPSA) is 64.3 Å². The summed E-state index contributed by atoms with van der Waals surface area (Å²) < 4.78 is 18.8. The van der Waals surface area contributed by atoms with E-state index in [1.54, 1.807) is 7.11 Å². The molecule has 0 aromatic heterocycles. The van der Waals surface area contributed by atoms with E-state index in [0.29, 0.717) is 0 Å². The second-order valence-electron chi connectivity index (χ2n) is 4.71. The van der Waals surface area contributed by atoms with E-state index >= 15 is 0 Å². The average molecular weight is 288 g/mol. The maximum absolute atomic E-state index is 13.7. The number of nitrogen functional groups attached to an aromatic ring is 1. The predicted octanol–water partition coefficient (Wildman–Crippen LogP) is 2.91. The van der Waals surface area contributed by atoms with E-state index in [4.69, 9.17) is 10.5 Å². The minimum atomic E-state index is -0.630. The monoisotopic (exact) mass is 288 g/mol. The van der Waals surface area contributed by atoms with E-state index in [0.717, 1.165) is 17.4 Å². The first-order chi connectivity index (χ1) is 10.0. The van der Waals surface area contributed by atoms with E-state index in [1.165, 1.54) is 12.1 Å². The summed E-state index contributed by atoms with van der Waals surface area (Å²) in [6.45, 7) is 1.83.